The average molecular weight is 373 g/mol. The summed E-state index contributed by atoms with van der Waals surface area (Å²) in [5.74, 6) is 0.134. The Morgan fingerprint density at radius 1 is 1.29 bits per heavy atom. The van der Waals surface area contributed by atoms with Crippen LogP contribution in [0.5, 0.6) is 0 Å². The number of hydrogen-bond donors (Lipinski definition) is 1. The highest BCUT2D eigenvalue weighted by atomic mass is 35.5. The van der Waals surface area contributed by atoms with Gasteiger partial charge in [0.15, 0.2) is 0 Å². The Kier molecular flexibility index (Phi) is 5.24. The van der Waals surface area contributed by atoms with E-state index < -0.39 is 15.8 Å². The molecule has 0 spiro atoms. The minimum absolute atomic E-state index is 0.134. The third-order valence-electron chi connectivity index (χ3n) is 4.10. The van der Waals surface area contributed by atoms with Gasteiger partial charge in [0.05, 0.1) is 17.3 Å². The van der Waals surface area contributed by atoms with Crippen LogP contribution in [0.3, 0.4) is 0 Å². The molecule has 0 aliphatic carbocycles. The van der Waals surface area contributed by atoms with E-state index in [2.05, 4.69) is 9.62 Å². The molecule has 1 aromatic carbocycles. The molecule has 2 aromatic rings. The Labute approximate surface area is 145 Å². The maximum atomic E-state index is 13.1. The molecule has 0 radical (unpaired) electrons. The summed E-state index contributed by atoms with van der Waals surface area (Å²) in [6, 6.07) is 6.66. The topological polar surface area (TPSA) is 62.6 Å². The van der Waals surface area contributed by atoms with Gasteiger partial charge in [0.2, 0.25) is 10.0 Å². The number of benzene rings is 1. The SMILES string of the molecule is O=S(=O)(NCC(c1ccco1)N1CCCC1)c1ccc(F)cc1Cl. The predicted octanol–water partition coefficient (Wildman–Crippen LogP) is 3.19. The van der Waals surface area contributed by atoms with E-state index in [1.807, 2.05) is 6.07 Å². The number of hydrogen-bond acceptors (Lipinski definition) is 4. The maximum Gasteiger partial charge on any atom is 0.242 e. The van der Waals surface area contributed by atoms with Crippen LogP contribution in [-0.4, -0.2) is 33.0 Å². The van der Waals surface area contributed by atoms with Crippen LogP contribution in [0, 0.1) is 5.82 Å². The van der Waals surface area contributed by atoms with Crippen molar-refractivity contribution in [1.29, 1.82) is 0 Å². The molecule has 8 heteroatoms. The summed E-state index contributed by atoms with van der Waals surface area (Å²) in [5.41, 5.74) is 0. The van der Waals surface area contributed by atoms with Crippen molar-refractivity contribution in [3.8, 4) is 0 Å². The molecule has 1 saturated heterocycles. The van der Waals surface area contributed by atoms with E-state index >= 15 is 0 Å². The third kappa shape index (κ3) is 3.80. The van der Waals surface area contributed by atoms with E-state index in [1.165, 1.54) is 0 Å². The van der Waals surface area contributed by atoms with Crippen molar-refractivity contribution in [2.24, 2.45) is 0 Å². The zero-order valence-electron chi connectivity index (χ0n) is 12.9. The molecule has 1 atom stereocenters. The molecule has 24 heavy (non-hydrogen) atoms. The van der Waals surface area contributed by atoms with Crippen molar-refractivity contribution >= 4 is 21.6 Å². The molecule has 1 aliphatic rings. The van der Waals surface area contributed by atoms with Crippen LogP contribution in [0.2, 0.25) is 5.02 Å². The molecule has 1 aromatic heterocycles. The van der Waals surface area contributed by atoms with E-state index in [0.29, 0.717) is 5.76 Å². The maximum absolute atomic E-state index is 13.1. The summed E-state index contributed by atoms with van der Waals surface area (Å²) in [6.45, 7) is 1.94. The van der Waals surface area contributed by atoms with E-state index in [-0.39, 0.29) is 22.5 Å². The van der Waals surface area contributed by atoms with Crippen LogP contribution in [0.4, 0.5) is 4.39 Å². The van der Waals surface area contributed by atoms with E-state index in [1.54, 1.807) is 12.3 Å². The van der Waals surface area contributed by atoms with Crippen molar-refractivity contribution < 1.29 is 17.2 Å². The van der Waals surface area contributed by atoms with E-state index in [4.69, 9.17) is 16.0 Å². The first-order chi connectivity index (χ1) is 11.5. The number of sulfonamides is 1. The number of nitrogens with zero attached hydrogens (tertiary/aromatic N) is 1. The summed E-state index contributed by atoms with van der Waals surface area (Å²) in [5, 5.41) is -0.141. The first kappa shape index (κ1) is 17.4. The molecule has 0 amide bonds. The standard InChI is InChI=1S/C16H18ClFN2O3S/c17-13-10-12(18)5-6-16(13)24(21,22)19-11-14(15-4-3-9-23-15)20-7-1-2-8-20/h3-6,9-10,14,19H,1-2,7-8,11H2. The fourth-order valence-corrected chi connectivity index (χ4v) is 4.47. The van der Waals surface area contributed by atoms with Gasteiger partial charge in [-0.2, -0.15) is 0 Å². The van der Waals surface area contributed by atoms with Crippen LogP contribution in [0.1, 0.15) is 24.6 Å². The molecule has 1 aliphatic heterocycles. The molecule has 1 unspecified atom stereocenters. The van der Waals surface area contributed by atoms with E-state index in [9.17, 15) is 12.8 Å². The summed E-state index contributed by atoms with van der Waals surface area (Å²) >= 11 is 5.87. The lowest BCUT2D eigenvalue weighted by Gasteiger charge is -2.26. The molecular weight excluding hydrogens is 355 g/mol. The van der Waals surface area contributed by atoms with Gasteiger partial charge in [0.1, 0.15) is 16.5 Å². The summed E-state index contributed by atoms with van der Waals surface area (Å²) in [7, 11) is -3.84. The van der Waals surface area contributed by atoms with Gasteiger partial charge in [0.25, 0.3) is 0 Å². The van der Waals surface area contributed by atoms with Gasteiger partial charge >= 0.3 is 0 Å². The molecular formula is C16H18ClFN2O3S. The number of furan rings is 1. The quantitative estimate of drug-likeness (QED) is 0.845. The van der Waals surface area contributed by atoms with Crippen LogP contribution in [-0.2, 0) is 10.0 Å². The first-order valence-electron chi connectivity index (χ1n) is 7.69. The lowest BCUT2D eigenvalue weighted by Crippen LogP contribution is -2.36. The third-order valence-corrected chi connectivity index (χ3v) is 6.01. The number of halogens is 2. The molecule has 130 valence electrons. The molecule has 0 saturated carbocycles. The molecule has 0 bridgehead atoms. The van der Waals surface area contributed by atoms with Gasteiger partial charge in [-0.05, 0) is 56.3 Å². The average Bonchev–Trinajstić information content (AvgIpc) is 3.20. The van der Waals surface area contributed by atoms with Gasteiger partial charge in [0, 0.05) is 6.54 Å². The lowest BCUT2D eigenvalue weighted by molar-refractivity contribution is 0.216. The van der Waals surface area contributed by atoms with Crippen molar-refractivity contribution in [2.75, 3.05) is 19.6 Å². The molecule has 3 rings (SSSR count). The summed E-state index contributed by atoms with van der Waals surface area (Å²) in [6.07, 6.45) is 3.73. The Morgan fingerprint density at radius 2 is 2.04 bits per heavy atom. The van der Waals surface area contributed by atoms with Crippen LogP contribution in [0.25, 0.3) is 0 Å². The Hall–Kier alpha value is -1.41. The zero-order chi connectivity index (χ0) is 17.2. The summed E-state index contributed by atoms with van der Waals surface area (Å²) < 4.78 is 46.1. The molecule has 1 N–H and O–H groups in total. The Balaban J connectivity index is 1.78. The van der Waals surface area contributed by atoms with E-state index in [0.717, 1.165) is 44.1 Å². The highest BCUT2D eigenvalue weighted by Crippen LogP contribution is 2.26. The largest absolute Gasteiger partial charge is 0.468 e. The van der Waals surface area contributed by atoms with Gasteiger partial charge in [-0.25, -0.2) is 17.5 Å². The van der Waals surface area contributed by atoms with Gasteiger partial charge < -0.3 is 4.42 Å². The smallest absolute Gasteiger partial charge is 0.242 e. The first-order valence-corrected chi connectivity index (χ1v) is 9.56. The monoisotopic (exact) mass is 372 g/mol. The summed E-state index contributed by atoms with van der Waals surface area (Å²) in [4.78, 5) is 2.05. The van der Waals surface area contributed by atoms with Crippen molar-refractivity contribution in [2.45, 2.75) is 23.8 Å². The fourth-order valence-electron chi connectivity index (χ4n) is 2.90. The minimum atomic E-state index is -3.84. The number of likely N-dealkylation sites (tertiary alicyclic amines) is 1. The van der Waals surface area contributed by atoms with Crippen molar-refractivity contribution in [3.63, 3.8) is 0 Å². The van der Waals surface area contributed by atoms with Crippen molar-refractivity contribution in [1.82, 2.24) is 9.62 Å². The molecule has 5 nitrogen and oxygen atoms in total. The Morgan fingerprint density at radius 3 is 2.67 bits per heavy atom. The van der Waals surface area contributed by atoms with Crippen LogP contribution >= 0.6 is 11.6 Å². The number of rotatable bonds is 6. The van der Waals surface area contributed by atoms with Crippen LogP contribution < -0.4 is 4.72 Å². The Bertz CT molecular complexity index is 790. The minimum Gasteiger partial charge on any atom is -0.468 e. The highest BCUT2D eigenvalue weighted by Gasteiger charge is 2.28. The predicted molar refractivity (Wildman–Crippen MR) is 88.9 cm³/mol. The second-order valence-electron chi connectivity index (χ2n) is 5.70. The second-order valence-corrected chi connectivity index (χ2v) is 7.84. The fraction of sp³-hybridized carbons (Fsp3) is 0.375. The lowest BCUT2D eigenvalue weighted by atomic mass is 10.2. The highest BCUT2D eigenvalue weighted by molar-refractivity contribution is 7.89. The van der Waals surface area contributed by atoms with Crippen LogP contribution in [0.15, 0.2) is 45.9 Å². The van der Waals surface area contributed by atoms with Gasteiger partial charge in [-0.15, -0.1) is 0 Å². The number of nitrogens with one attached hydrogen (secondary N) is 1. The van der Waals surface area contributed by atoms with Gasteiger partial charge in [-0.1, -0.05) is 11.6 Å². The van der Waals surface area contributed by atoms with Gasteiger partial charge in [-0.3, -0.25) is 4.90 Å². The zero-order valence-corrected chi connectivity index (χ0v) is 14.5. The van der Waals surface area contributed by atoms with Crippen molar-refractivity contribution in [3.05, 3.63) is 53.2 Å². The molecule has 2 heterocycles. The normalized spacial score (nSPS) is 17.2. The molecule has 1 fully saturated rings. The second kappa shape index (κ2) is 7.23.